The van der Waals surface area contributed by atoms with E-state index in [0.717, 1.165) is 22.6 Å². The van der Waals surface area contributed by atoms with E-state index in [9.17, 15) is 0 Å². The molecule has 4 heteroatoms. The van der Waals surface area contributed by atoms with Crippen LogP contribution in [0.1, 0.15) is 57.0 Å². The lowest BCUT2D eigenvalue weighted by atomic mass is 9.77. The molecule has 0 aliphatic heterocycles. The monoisotopic (exact) mass is 305 g/mol. The van der Waals surface area contributed by atoms with Crippen LogP contribution >= 0.6 is 11.6 Å². The predicted molar refractivity (Wildman–Crippen MR) is 87.7 cm³/mol. The first-order valence-electron chi connectivity index (χ1n) is 8.01. The number of hydrogen-bond acceptors (Lipinski definition) is 2. The highest BCUT2D eigenvalue weighted by Crippen LogP contribution is 2.40. The van der Waals surface area contributed by atoms with E-state index in [4.69, 9.17) is 16.6 Å². The summed E-state index contributed by atoms with van der Waals surface area (Å²) in [6, 6.07) is 2.61. The number of nitrogens with zero attached hydrogens (tertiary/aromatic N) is 3. The number of pyridine rings is 1. The number of aryl methyl sites for hydroxylation is 1. The summed E-state index contributed by atoms with van der Waals surface area (Å²) in [5.74, 6) is 2.81. The molecule has 2 aromatic rings. The van der Waals surface area contributed by atoms with Crippen LogP contribution in [0.5, 0.6) is 0 Å². The van der Waals surface area contributed by atoms with E-state index in [2.05, 4.69) is 36.4 Å². The van der Waals surface area contributed by atoms with Gasteiger partial charge in [0.15, 0.2) is 5.65 Å². The molecule has 1 fully saturated rings. The van der Waals surface area contributed by atoms with Crippen LogP contribution in [-0.2, 0) is 5.88 Å². The minimum Gasteiger partial charge on any atom is -0.308 e. The molecule has 0 amide bonds. The summed E-state index contributed by atoms with van der Waals surface area (Å²) >= 11 is 6.18. The maximum absolute atomic E-state index is 6.18. The standard InChI is InChI=1S/C17H24ClN3/c1-11(2)13-6-4-5-7-15(13)21-16(9-18)20-14-8-12(3)10-19-17(14)21/h8,10-11,13,15H,4-7,9H2,1-3H3. The average Bonchev–Trinajstić information content (AvgIpc) is 2.84. The summed E-state index contributed by atoms with van der Waals surface area (Å²) in [5, 5.41) is 0. The van der Waals surface area contributed by atoms with Gasteiger partial charge in [-0.3, -0.25) is 0 Å². The first kappa shape index (κ1) is 14.8. The molecule has 114 valence electrons. The van der Waals surface area contributed by atoms with Gasteiger partial charge >= 0.3 is 0 Å². The fraction of sp³-hybridized carbons (Fsp3) is 0.647. The molecule has 1 aliphatic carbocycles. The highest BCUT2D eigenvalue weighted by molar-refractivity contribution is 6.16. The van der Waals surface area contributed by atoms with Crippen LogP contribution in [0.2, 0.25) is 0 Å². The number of hydrogen-bond donors (Lipinski definition) is 0. The highest BCUT2D eigenvalue weighted by Gasteiger charge is 2.31. The topological polar surface area (TPSA) is 30.7 Å². The molecule has 0 aromatic carbocycles. The molecule has 3 rings (SSSR count). The van der Waals surface area contributed by atoms with Gasteiger partial charge in [-0.15, -0.1) is 11.6 Å². The smallest absolute Gasteiger partial charge is 0.160 e. The number of alkyl halides is 1. The number of rotatable bonds is 3. The molecule has 1 aliphatic rings. The van der Waals surface area contributed by atoms with Crippen molar-refractivity contribution < 1.29 is 0 Å². The molecule has 0 bridgehead atoms. The fourth-order valence-corrected chi connectivity index (χ4v) is 4.00. The number of aromatic nitrogens is 3. The molecule has 0 N–H and O–H groups in total. The second-order valence-electron chi connectivity index (χ2n) is 6.65. The van der Waals surface area contributed by atoms with Crippen molar-refractivity contribution in [1.82, 2.24) is 14.5 Å². The van der Waals surface area contributed by atoms with Crippen LogP contribution in [0, 0.1) is 18.8 Å². The van der Waals surface area contributed by atoms with Gasteiger partial charge in [0.1, 0.15) is 11.3 Å². The SMILES string of the molecule is Cc1cnc2c(c1)nc(CCl)n2C1CCCCC1C(C)C. The Hall–Kier alpha value is -1.09. The van der Waals surface area contributed by atoms with Crippen molar-refractivity contribution in [2.24, 2.45) is 11.8 Å². The van der Waals surface area contributed by atoms with Gasteiger partial charge in [-0.25, -0.2) is 9.97 Å². The molecular formula is C17H24ClN3. The Bertz CT molecular complexity index is 632. The summed E-state index contributed by atoms with van der Waals surface area (Å²) in [6.45, 7) is 6.73. The zero-order chi connectivity index (χ0) is 15.0. The van der Waals surface area contributed by atoms with Crippen LogP contribution in [-0.4, -0.2) is 14.5 Å². The zero-order valence-electron chi connectivity index (χ0n) is 13.1. The fourth-order valence-electron chi connectivity index (χ4n) is 3.81. The molecule has 2 atom stereocenters. The largest absolute Gasteiger partial charge is 0.308 e. The van der Waals surface area contributed by atoms with Gasteiger partial charge in [0, 0.05) is 12.2 Å². The normalized spacial score (nSPS) is 23.1. The Morgan fingerprint density at radius 1 is 1.33 bits per heavy atom. The maximum atomic E-state index is 6.18. The molecule has 0 saturated heterocycles. The van der Waals surface area contributed by atoms with E-state index in [1.165, 1.54) is 25.7 Å². The Labute approximate surface area is 131 Å². The minimum atomic E-state index is 0.455. The Morgan fingerprint density at radius 2 is 2.10 bits per heavy atom. The molecule has 2 heterocycles. The molecule has 1 saturated carbocycles. The van der Waals surface area contributed by atoms with E-state index in [-0.39, 0.29) is 0 Å². The first-order valence-corrected chi connectivity index (χ1v) is 8.54. The van der Waals surface area contributed by atoms with Crippen LogP contribution < -0.4 is 0 Å². The number of halogens is 1. The van der Waals surface area contributed by atoms with Gasteiger partial charge in [-0.1, -0.05) is 26.7 Å². The van der Waals surface area contributed by atoms with Crippen molar-refractivity contribution in [3.05, 3.63) is 23.7 Å². The Morgan fingerprint density at radius 3 is 2.81 bits per heavy atom. The van der Waals surface area contributed by atoms with Gasteiger partial charge in [-0.05, 0) is 43.2 Å². The lowest BCUT2D eigenvalue weighted by molar-refractivity contribution is 0.185. The second kappa shape index (κ2) is 5.96. The van der Waals surface area contributed by atoms with Crippen LogP contribution in [0.15, 0.2) is 12.3 Å². The molecule has 0 radical (unpaired) electrons. The number of imidazole rings is 1. The Kier molecular flexibility index (Phi) is 4.21. The zero-order valence-corrected chi connectivity index (χ0v) is 13.9. The summed E-state index contributed by atoms with van der Waals surface area (Å²) in [6.07, 6.45) is 7.09. The summed E-state index contributed by atoms with van der Waals surface area (Å²) < 4.78 is 2.34. The van der Waals surface area contributed by atoms with Gasteiger partial charge < -0.3 is 4.57 Å². The van der Waals surface area contributed by atoms with Crippen molar-refractivity contribution in [3.63, 3.8) is 0 Å². The van der Waals surface area contributed by atoms with Crippen LogP contribution in [0.4, 0.5) is 0 Å². The predicted octanol–water partition coefficient (Wildman–Crippen LogP) is 4.87. The van der Waals surface area contributed by atoms with E-state index < -0.39 is 0 Å². The molecule has 2 unspecified atom stereocenters. The van der Waals surface area contributed by atoms with Crippen molar-refractivity contribution >= 4 is 22.8 Å². The summed E-state index contributed by atoms with van der Waals surface area (Å²) in [5.41, 5.74) is 3.14. The van der Waals surface area contributed by atoms with Crippen LogP contribution in [0.25, 0.3) is 11.2 Å². The summed E-state index contributed by atoms with van der Waals surface area (Å²) in [7, 11) is 0. The number of fused-ring (bicyclic) bond motifs is 1. The van der Waals surface area contributed by atoms with E-state index in [1.807, 2.05) is 6.20 Å². The van der Waals surface area contributed by atoms with Gasteiger partial charge in [0.05, 0.1) is 5.88 Å². The third-order valence-electron chi connectivity index (χ3n) is 4.83. The lowest BCUT2D eigenvalue weighted by Gasteiger charge is -2.36. The third-order valence-corrected chi connectivity index (χ3v) is 5.07. The lowest BCUT2D eigenvalue weighted by Crippen LogP contribution is -2.28. The quantitative estimate of drug-likeness (QED) is 0.758. The van der Waals surface area contributed by atoms with E-state index in [1.54, 1.807) is 0 Å². The summed E-state index contributed by atoms with van der Waals surface area (Å²) in [4.78, 5) is 9.39. The van der Waals surface area contributed by atoms with Gasteiger partial charge in [-0.2, -0.15) is 0 Å². The first-order chi connectivity index (χ1) is 10.1. The molecule has 21 heavy (non-hydrogen) atoms. The molecule has 0 spiro atoms. The van der Waals surface area contributed by atoms with E-state index >= 15 is 0 Å². The maximum Gasteiger partial charge on any atom is 0.160 e. The van der Waals surface area contributed by atoms with Crippen LogP contribution in [0.3, 0.4) is 0 Å². The molecule has 3 nitrogen and oxygen atoms in total. The van der Waals surface area contributed by atoms with Gasteiger partial charge in [0.25, 0.3) is 0 Å². The molecular weight excluding hydrogens is 282 g/mol. The average molecular weight is 306 g/mol. The highest BCUT2D eigenvalue weighted by atomic mass is 35.5. The Balaban J connectivity index is 2.13. The second-order valence-corrected chi connectivity index (χ2v) is 6.91. The van der Waals surface area contributed by atoms with E-state index in [0.29, 0.717) is 23.8 Å². The van der Waals surface area contributed by atoms with Crippen molar-refractivity contribution in [3.8, 4) is 0 Å². The van der Waals surface area contributed by atoms with Crippen molar-refractivity contribution in [2.45, 2.75) is 58.4 Å². The van der Waals surface area contributed by atoms with Gasteiger partial charge in [0.2, 0.25) is 0 Å². The third kappa shape index (κ3) is 2.68. The molecule has 2 aromatic heterocycles. The van der Waals surface area contributed by atoms with Crippen molar-refractivity contribution in [2.75, 3.05) is 0 Å². The minimum absolute atomic E-state index is 0.455. The van der Waals surface area contributed by atoms with Crippen molar-refractivity contribution in [1.29, 1.82) is 0 Å².